The molecule has 5 heteroatoms. The number of aromatic nitrogens is 3. The maximum absolute atomic E-state index is 5.90. The van der Waals surface area contributed by atoms with E-state index in [4.69, 9.17) is 11.6 Å². The van der Waals surface area contributed by atoms with Gasteiger partial charge in [0, 0.05) is 17.1 Å². The van der Waals surface area contributed by atoms with Gasteiger partial charge in [-0.3, -0.25) is 5.10 Å². The highest BCUT2D eigenvalue weighted by atomic mass is 35.5. The predicted octanol–water partition coefficient (Wildman–Crippen LogP) is 3.02. The lowest BCUT2D eigenvalue weighted by Crippen LogP contribution is -2.01. The van der Waals surface area contributed by atoms with E-state index in [-0.39, 0.29) is 0 Å². The normalized spacial score (nSPS) is 10.5. The summed E-state index contributed by atoms with van der Waals surface area (Å²) in [7, 11) is 0. The summed E-state index contributed by atoms with van der Waals surface area (Å²) in [6, 6.07) is 7.61. The van der Waals surface area contributed by atoms with E-state index in [2.05, 4.69) is 27.4 Å². The molecular weight excluding hydrogens is 236 g/mol. The molecule has 2 rings (SSSR count). The first-order valence-electron chi connectivity index (χ1n) is 5.67. The van der Waals surface area contributed by atoms with Crippen molar-refractivity contribution in [1.82, 2.24) is 15.2 Å². The third-order valence-corrected chi connectivity index (χ3v) is 2.57. The fourth-order valence-electron chi connectivity index (χ4n) is 1.53. The predicted molar refractivity (Wildman–Crippen MR) is 69.2 cm³/mol. The Labute approximate surface area is 105 Å². The van der Waals surface area contributed by atoms with Crippen LogP contribution in [0.2, 0.25) is 5.02 Å². The Bertz CT molecular complexity index is 481. The van der Waals surface area contributed by atoms with Crippen LogP contribution in [0.5, 0.6) is 0 Å². The minimum atomic E-state index is 0.622. The van der Waals surface area contributed by atoms with Crippen molar-refractivity contribution < 1.29 is 0 Å². The second-order valence-corrected chi connectivity index (χ2v) is 4.25. The molecule has 2 N–H and O–H groups in total. The number of nitrogens with zero attached hydrogens (tertiary/aromatic N) is 2. The summed E-state index contributed by atoms with van der Waals surface area (Å²) < 4.78 is 0. The van der Waals surface area contributed by atoms with Crippen LogP contribution in [0.1, 0.15) is 25.0 Å². The fourth-order valence-corrected chi connectivity index (χ4v) is 1.72. The Hall–Kier alpha value is -1.55. The summed E-state index contributed by atoms with van der Waals surface area (Å²) in [5.41, 5.74) is 0.978. The number of aryl methyl sites for hydroxylation is 1. The summed E-state index contributed by atoms with van der Waals surface area (Å²) in [6.07, 6.45) is 1.96. The first-order valence-corrected chi connectivity index (χ1v) is 6.05. The molecule has 0 atom stereocenters. The molecule has 0 saturated carbocycles. The topological polar surface area (TPSA) is 53.6 Å². The number of hydrogen-bond acceptors (Lipinski definition) is 3. The quantitative estimate of drug-likeness (QED) is 0.858. The van der Waals surface area contributed by atoms with Gasteiger partial charge in [-0.15, -0.1) is 0 Å². The number of benzene rings is 1. The first kappa shape index (κ1) is 11.9. The molecule has 1 heterocycles. The molecule has 0 aliphatic heterocycles. The van der Waals surface area contributed by atoms with Crippen LogP contribution in [-0.2, 0) is 13.0 Å². The molecular formula is C12H15ClN4. The van der Waals surface area contributed by atoms with E-state index < -0.39 is 0 Å². The Balaban J connectivity index is 1.93. The molecule has 0 radical (unpaired) electrons. The lowest BCUT2D eigenvalue weighted by molar-refractivity contribution is 0.841. The zero-order valence-corrected chi connectivity index (χ0v) is 10.5. The minimum absolute atomic E-state index is 0.622. The molecule has 0 aliphatic rings. The largest absolute Gasteiger partial charge is 0.378 e. The summed E-state index contributed by atoms with van der Waals surface area (Å²) >= 11 is 5.90. The Morgan fingerprint density at radius 1 is 1.41 bits per heavy atom. The van der Waals surface area contributed by atoms with Gasteiger partial charge < -0.3 is 5.32 Å². The minimum Gasteiger partial charge on any atom is -0.378 e. The molecule has 90 valence electrons. The number of aromatic amines is 1. The SMILES string of the molecule is CCCc1n[nH]c(CNc2cccc(Cl)c2)n1. The van der Waals surface area contributed by atoms with E-state index in [1.165, 1.54) is 0 Å². The van der Waals surface area contributed by atoms with Crippen molar-refractivity contribution in [3.05, 3.63) is 40.9 Å². The summed E-state index contributed by atoms with van der Waals surface area (Å²) in [5.74, 6) is 1.71. The van der Waals surface area contributed by atoms with Crippen LogP contribution in [0.25, 0.3) is 0 Å². The van der Waals surface area contributed by atoms with Gasteiger partial charge in [0.15, 0.2) is 5.82 Å². The first-order chi connectivity index (χ1) is 8.28. The van der Waals surface area contributed by atoms with E-state index in [1.807, 2.05) is 24.3 Å². The zero-order chi connectivity index (χ0) is 12.1. The van der Waals surface area contributed by atoms with Crippen LogP contribution < -0.4 is 5.32 Å². The summed E-state index contributed by atoms with van der Waals surface area (Å²) in [6.45, 7) is 2.73. The molecule has 0 amide bonds. The molecule has 0 aliphatic carbocycles. The molecule has 0 unspecified atom stereocenters. The molecule has 2 aromatic rings. The Morgan fingerprint density at radius 2 is 2.29 bits per heavy atom. The van der Waals surface area contributed by atoms with Crippen molar-refractivity contribution in [2.24, 2.45) is 0 Å². The number of rotatable bonds is 5. The molecule has 1 aromatic carbocycles. The highest BCUT2D eigenvalue weighted by Crippen LogP contribution is 2.15. The van der Waals surface area contributed by atoms with E-state index >= 15 is 0 Å². The second kappa shape index (κ2) is 5.68. The second-order valence-electron chi connectivity index (χ2n) is 3.81. The van der Waals surface area contributed by atoms with Crippen LogP contribution in [0.15, 0.2) is 24.3 Å². The lowest BCUT2D eigenvalue weighted by atomic mass is 10.3. The molecule has 1 aromatic heterocycles. The van der Waals surface area contributed by atoms with Crippen LogP contribution in [0, 0.1) is 0 Å². The van der Waals surface area contributed by atoms with E-state index in [0.29, 0.717) is 6.54 Å². The Morgan fingerprint density at radius 3 is 3.06 bits per heavy atom. The van der Waals surface area contributed by atoms with Crippen molar-refractivity contribution in [2.75, 3.05) is 5.32 Å². The lowest BCUT2D eigenvalue weighted by Gasteiger charge is -2.03. The van der Waals surface area contributed by atoms with Crippen molar-refractivity contribution in [1.29, 1.82) is 0 Å². The summed E-state index contributed by atoms with van der Waals surface area (Å²) in [4.78, 5) is 4.38. The molecule has 17 heavy (non-hydrogen) atoms. The smallest absolute Gasteiger partial charge is 0.150 e. The molecule has 0 bridgehead atoms. The van der Waals surface area contributed by atoms with Crippen LogP contribution in [0.3, 0.4) is 0 Å². The zero-order valence-electron chi connectivity index (χ0n) is 9.70. The van der Waals surface area contributed by atoms with Gasteiger partial charge in [-0.2, -0.15) is 5.10 Å². The highest BCUT2D eigenvalue weighted by Gasteiger charge is 2.02. The molecule has 0 fully saturated rings. The van der Waals surface area contributed by atoms with E-state index in [9.17, 15) is 0 Å². The number of nitrogens with one attached hydrogen (secondary N) is 2. The molecule has 0 spiro atoms. The molecule has 4 nitrogen and oxygen atoms in total. The standard InChI is InChI=1S/C12H15ClN4/c1-2-4-11-15-12(17-16-11)8-14-10-6-3-5-9(13)7-10/h3,5-7,14H,2,4,8H2,1H3,(H,15,16,17). The van der Waals surface area contributed by atoms with Crippen molar-refractivity contribution >= 4 is 17.3 Å². The number of H-pyrrole nitrogens is 1. The summed E-state index contributed by atoms with van der Waals surface area (Å²) in [5, 5.41) is 11.0. The van der Waals surface area contributed by atoms with Crippen LogP contribution in [-0.4, -0.2) is 15.2 Å². The maximum atomic E-state index is 5.90. The van der Waals surface area contributed by atoms with E-state index in [0.717, 1.165) is 35.2 Å². The monoisotopic (exact) mass is 250 g/mol. The average Bonchev–Trinajstić information content (AvgIpc) is 2.75. The highest BCUT2D eigenvalue weighted by molar-refractivity contribution is 6.30. The number of anilines is 1. The van der Waals surface area contributed by atoms with Crippen LogP contribution >= 0.6 is 11.6 Å². The maximum Gasteiger partial charge on any atom is 0.150 e. The molecule has 0 saturated heterocycles. The van der Waals surface area contributed by atoms with Gasteiger partial charge in [-0.05, 0) is 24.6 Å². The number of hydrogen-bond donors (Lipinski definition) is 2. The fraction of sp³-hybridized carbons (Fsp3) is 0.333. The van der Waals surface area contributed by atoms with Gasteiger partial charge in [0.2, 0.25) is 0 Å². The van der Waals surface area contributed by atoms with Crippen molar-refractivity contribution in [2.45, 2.75) is 26.3 Å². The number of halogens is 1. The van der Waals surface area contributed by atoms with Gasteiger partial charge in [0.1, 0.15) is 5.82 Å². The van der Waals surface area contributed by atoms with Gasteiger partial charge in [0.05, 0.1) is 6.54 Å². The average molecular weight is 251 g/mol. The van der Waals surface area contributed by atoms with Crippen LogP contribution in [0.4, 0.5) is 5.69 Å². The third kappa shape index (κ3) is 3.46. The Kier molecular flexibility index (Phi) is 3.98. The third-order valence-electron chi connectivity index (χ3n) is 2.34. The van der Waals surface area contributed by atoms with Crippen molar-refractivity contribution in [3.8, 4) is 0 Å². The van der Waals surface area contributed by atoms with Gasteiger partial charge >= 0.3 is 0 Å². The van der Waals surface area contributed by atoms with E-state index in [1.54, 1.807) is 0 Å². The van der Waals surface area contributed by atoms with Gasteiger partial charge in [-0.1, -0.05) is 24.6 Å². The van der Waals surface area contributed by atoms with Gasteiger partial charge in [-0.25, -0.2) is 4.98 Å². The van der Waals surface area contributed by atoms with Gasteiger partial charge in [0.25, 0.3) is 0 Å². The van der Waals surface area contributed by atoms with Crippen molar-refractivity contribution in [3.63, 3.8) is 0 Å².